The normalized spacial score (nSPS) is 10.9. The van der Waals surface area contributed by atoms with Crippen molar-refractivity contribution in [2.45, 2.75) is 6.92 Å². The van der Waals surface area contributed by atoms with Gasteiger partial charge in [0.05, 0.1) is 5.56 Å². The summed E-state index contributed by atoms with van der Waals surface area (Å²) in [5.41, 5.74) is 1.68. The van der Waals surface area contributed by atoms with Crippen molar-refractivity contribution in [3.63, 3.8) is 0 Å². The van der Waals surface area contributed by atoms with Gasteiger partial charge in [0.2, 0.25) is 0 Å². The molecule has 1 heterocycles. The summed E-state index contributed by atoms with van der Waals surface area (Å²) in [4.78, 5) is 15.3. The molecule has 0 radical (unpaired) electrons. The number of aryl methyl sites for hydroxylation is 1. The number of ketones is 1. The van der Waals surface area contributed by atoms with Crippen molar-refractivity contribution >= 4 is 16.7 Å². The van der Waals surface area contributed by atoms with E-state index in [9.17, 15) is 13.6 Å². The number of halogens is 2. The molecule has 100 valence electrons. The van der Waals surface area contributed by atoms with E-state index >= 15 is 0 Å². The fourth-order valence-electron chi connectivity index (χ4n) is 2.24. The van der Waals surface area contributed by atoms with Crippen LogP contribution in [0.5, 0.6) is 0 Å². The van der Waals surface area contributed by atoms with E-state index < -0.39 is 11.6 Å². The zero-order valence-corrected chi connectivity index (χ0v) is 10.7. The lowest BCUT2D eigenvalue weighted by Crippen LogP contribution is -2.04. The fourth-order valence-corrected chi connectivity index (χ4v) is 2.24. The Balaban J connectivity index is 2.15. The van der Waals surface area contributed by atoms with E-state index in [1.807, 2.05) is 0 Å². The number of carbonyl (C=O) groups excluding carboxylic acids is 1. The molecule has 3 aromatic rings. The minimum absolute atomic E-state index is 0.0234. The first-order chi connectivity index (χ1) is 9.56. The van der Waals surface area contributed by atoms with Gasteiger partial charge in [-0.05, 0) is 37.3 Å². The molecule has 0 saturated carbocycles. The Bertz CT molecular complexity index is 820. The van der Waals surface area contributed by atoms with Gasteiger partial charge in [0.15, 0.2) is 5.78 Å². The predicted molar refractivity (Wildman–Crippen MR) is 72.8 cm³/mol. The smallest absolute Gasteiger partial charge is 0.198 e. The second-order valence-corrected chi connectivity index (χ2v) is 4.70. The summed E-state index contributed by atoms with van der Waals surface area (Å²) in [7, 11) is 0. The van der Waals surface area contributed by atoms with Crippen LogP contribution in [0.15, 0.2) is 42.6 Å². The molecule has 1 aromatic heterocycles. The third-order valence-electron chi connectivity index (χ3n) is 3.25. The minimum atomic E-state index is -0.558. The van der Waals surface area contributed by atoms with E-state index in [0.717, 1.165) is 5.56 Å². The highest BCUT2D eigenvalue weighted by Gasteiger charge is 2.18. The first kappa shape index (κ1) is 12.5. The lowest BCUT2D eigenvalue weighted by molar-refractivity contribution is 0.103. The van der Waals surface area contributed by atoms with Gasteiger partial charge < -0.3 is 4.98 Å². The topological polar surface area (TPSA) is 32.9 Å². The maximum Gasteiger partial charge on any atom is 0.198 e. The van der Waals surface area contributed by atoms with Crippen LogP contribution >= 0.6 is 0 Å². The molecular formula is C16H11F2NO. The van der Waals surface area contributed by atoms with Crippen molar-refractivity contribution in [2.24, 2.45) is 0 Å². The summed E-state index contributed by atoms with van der Waals surface area (Å²) in [5.74, 6) is -1.36. The van der Waals surface area contributed by atoms with Crippen LogP contribution in [0.3, 0.4) is 0 Å². The van der Waals surface area contributed by atoms with Gasteiger partial charge in [-0.15, -0.1) is 0 Å². The van der Waals surface area contributed by atoms with Crippen LogP contribution in [0.25, 0.3) is 10.9 Å². The quantitative estimate of drug-likeness (QED) is 0.702. The van der Waals surface area contributed by atoms with Crippen LogP contribution in [-0.4, -0.2) is 10.8 Å². The fraction of sp³-hybridized carbons (Fsp3) is 0.0625. The van der Waals surface area contributed by atoms with Crippen LogP contribution in [0.4, 0.5) is 8.78 Å². The van der Waals surface area contributed by atoms with Gasteiger partial charge in [-0.1, -0.05) is 11.6 Å². The highest BCUT2D eigenvalue weighted by atomic mass is 19.1. The molecule has 1 N–H and O–H groups in total. The van der Waals surface area contributed by atoms with E-state index in [-0.39, 0.29) is 11.4 Å². The summed E-state index contributed by atoms with van der Waals surface area (Å²) >= 11 is 0. The number of H-pyrrole nitrogens is 1. The molecular weight excluding hydrogens is 260 g/mol. The number of benzene rings is 2. The van der Waals surface area contributed by atoms with Crippen molar-refractivity contribution < 1.29 is 13.6 Å². The molecule has 2 nitrogen and oxygen atoms in total. The summed E-state index contributed by atoms with van der Waals surface area (Å²) in [6.07, 6.45) is 1.48. The number of fused-ring (bicyclic) bond motifs is 1. The molecule has 0 aliphatic heterocycles. The van der Waals surface area contributed by atoms with Gasteiger partial charge in [0.25, 0.3) is 0 Å². The van der Waals surface area contributed by atoms with Gasteiger partial charge in [-0.25, -0.2) is 8.78 Å². The Labute approximate surface area is 114 Å². The van der Waals surface area contributed by atoms with Crippen molar-refractivity contribution in [2.75, 3.05) is 0 Å². The Kier molecular flexibility index (Phi) is 2.86. The van der Waals surface area contributed by atoms with Crippen LogP contribution in [0.2, 0.25) is 0 Å². The molecule has 0 aliphatic rings. The summed E-state index contributed by atoms with van der Waals surface area (Å²) < 4.78 is 26.9. The molecule has 0 unspecified atom stereocenters. The van der Waals surface area contributed by atoms with Gasteiger partial charge >= 0.3 is 0 Å². The second-order valence-electron chi connectivity index (χ2n) is 4.70. The molecule has 0 bridgehead atoms. The maximum atomic E-state index is 13.8. The molecule has 20 heavy (non-hydrogen) atoms. The third-order valence-corrected chi connectivity index (χ3v) is 3.25. The summed E-state index contributed by atoms with van der Waals surface area (Å²) in [5, 5.41) is 0.581. The monoisotopic (exact) mass is 271 g/mol. The number of aromatic amines is 1. The molecule has 3 rings (SSSR count). The molecule has 0 atom stereocenters. The molecule has 0 amide bonds. The number of hydrogen-bond donors (Lipinski definition) is 1. The number of hydrogen-bond acceptors (Lipinski definition) is 1. The largest absolute Gasteiger partial charge is 0.360 e. The van der Waals surface area contributed by atoms with Gasteiger partial charge in [-0.2, -0.15) is 0 Å². The molecule has 0 spiro atoms. The molecule has 4 heteroatoms. The average Bonchev–Trinajstić information content (AvgIpc) is 2.83. The van der Waals surface area contributed by atoms with Gasteiger partial charge in [0, 0.05) is 22.7 Å². The first-order valence-electron chi connectivity index (χ1n) is 6.14. The standard InChI is InChI=1S/C16H11F2NO/c1-9-2-5-14(18)12(6-9)16(20)13-8-19-15-7-10(17)3-4-11(13)15/h2-8,19H,1H3. The zero-order chi connectivity index (χ0) is 14.3. The van der Waals surface area contributed by atoms with Gasteiger partial charge in [-0.3, -0.25) is 4.79 Å². The zero-order valence-electron chi connectivity index (χ0n) is 10.7. The maximum absolute atomic E-state index is 13.8. The molecule has 0 saturated heterocycles. The Hall–Kier alpha value is -2.49. The summed E-state index contributed by atoms with van der Waals surface area (Å²) in [6, 6.07) is 8.49. The Morgan fingerprint density at radius 1 is 1.05 bits per heavy atom. The first-order valence-corrected chi connectivity index (χ1v) is 6.14. The number of aromatic nitrogens is 1. The SMILES string of the molecule is Cc1ccc(F)c(C(=O)c2c[nH]c3cc(F)ccc23)c1. The second kappa shape index (κ2) is 4.56. The lowest BCUT2D eigenvalue weighted by Gasteiger charge is -2.03. The van der Waals surface area contributed by atoms with Crippen LogP contribution in [-0.2, 0) is 0 Å². The molecule has 2 aromatic carbocycles. The Morgan fingerprint density at radius 2 is 1.85 bits per heavy atom. The van der Waals surface area contributed by atoms with Crippen LogP contribution in [0, 0.1) is 18.6 Å². The van der Waals surface area contributed by atoms with E-state index in [0.29, 0.717) is 16.5 Å². The van der Waals surface area contributed by atoms with E-state index in [4.69, 9.17) is 0 Å². The molecule has 0 aliphatic carbocycles. The van der Waals surface area contributed by atoms with E-state index in [1.54, 1.807) is 13.0 Å². The van der Waals surface area contributed by atoms with E-state index in [2.05, 4.69) is 4.98 Å². The number of rotatable bonds is 2. The van der Waals surface area contributed by atoms with Crippen LogP contribution in [0.1, 0.15) is 21.5 Å². The van der Waals surface area contributed by atoms with Crippen molar-refractivity contribution in [3.05, 3.63) is 70.9 Å². The average molecular weight is 271 g/mol. The Morgan fingerprint density at radius 3 is 2.65 bits per heavy atom. The molecule has 0 fully saturated rings. The van der Waals surface area contributed by atoms with Crippen molar-refractivity contribution in [3.8, 4) is 0 Å². The number of carbonyl (C=O) groups is 1. The third kappa shape index (κ3) is 1.99. The lowest BCUT2D eigenvalue weighted by atomic mass is 10.0. The minimum Gasteiger partial charge on any atom is -0.360 e. The highest BCUT2D eigenvalue weighted by Crippen LogP contribution is 2.23. The van der Waals surface area contributed by atoms with Crippen molar-refractivity contribution in [1.29, 1.82) is 0 Å². The predicted octanol–water partition coefficient (Wildman–Crippen LogP) is 3.99. The van der Waals surface area contributed by atoms with Crippen molar-refractivity contribution in [1.82, 2.24) is 4.98 Å². The van der Waals surface area contributed by atoms with E-state index in [1.165, 1.54) is 36.5 Å². The highest BCUT2D eigenvalue weighted by molar-refractivity contribution is 6.16. The van der Waals surface area contributed by atoms with Gasteiger partial charge in [0.1, 0.15) is 11.6 Å². The number of nitrogens with one attached hydrogen (secondary N) is 1. The van der Waals surface area contributed by atoms with Crippen LogP contribution < -0.4 is 0 Å². The summed E-state index contributed by atoms with van der Waals surface area (Å²) in [6.45, 7) is 1.79.